The van der Waals surface area contributed by atoms with Crippen LogP contribution in [-0.2, 0) is 6.42 Å². The third-order valence-electron chi connectivity index (χ3n) is 2.54. The summed E-state index contributed by atoms with van der Waals surface area (Å²) >= 11 is 13.5. The number of carbonyl (C=O) groups is 1. The second-order valence-electron chi connectivity index (χ2n) is 4.01. The molecule has 112 valence electrons. The predicted octanol–water partition coefficient (Wildman–Crippen LogP) is 4.06. The van der Waals surface area contributed by atoms with Crippen LogP contribution in [-0.4, -0.2) is 22.7 Å². The first-order chi connectivity index (χ1) is 10.0. The topological polar surface area (TPSA) is 64.1 Å². The molecule has 0 aliphatic rings. The summed E-state index contributed by atoms with van der Waals surface area (Å²) in [6, 6.07) is 3.02. The fourth-order valence-electron chi connectivity index (χ4n) is 1.59. The molecule has 1 aromatic heterocycles. The van der Waals surface area contributed by atoms with Crippen LogP contribution < -0.4 is 10.1 Å². The molecule has 0 saturated heterocycles. The van der Waals surface area contributed by atoms with Crippen LogP contribution in [0.25, 0.3) is 0 Å². The quantitative estimate of drug-likeness (QED) is 0.887. The van der Waals surface area contributed by atoms with E-state index in [1.165, 1.54) is 23.5 Å². The number of benzene rings is 1. The van der Waals surface area contributed by atoms with E-state index < -0.39 is 0 Å². The van der Waals surface area contributed by atoms with Crippen molar-refractivity contribution < 1.29 is 9.53 Å². The summed E-state index contributed by atoms with van der Waals surface area (Å²) in [6.45, 7) is 4.24. The minimum absolute atomic E-state index is 0.293. The number of nitrogens with one attached hydrogen (secondary N) is 1. The monoisotopic (exact) mass is 345 g/mol. The molecule has 0 unspecified atom stereocenters. The van der Waals surface area contributed by atoms with E-state index in [-0.39, 0.29) is 5.91 Å². The molecule has 0 radical (unpaired) electrons. The second kappa shape index (κ2) is 7.06. The lowest BCUT2D eigenvalue weighted by Crippen LogP contribution is -2.12. The summed E-state index contributed by atoms with van der Waals surface area (Å²) in [6.07, 6.45) is 0.772. The van der Waals surface area contributed by atoms with Crippen molar-refractivity contribution >= 4 is 45.6 Å². The zero-order chi connectivity index (χ0) is 15.4. The van der Waals surface area contributed by atoms with Crippen molar-refractivity contribution in [2.24, 2.45) is 0 Å². The molecule has 0 spiro atoms. The van der Waals surface area contributed by atoms with Crippen molar-refractivity contribution in [3.05, 3.63) is 32.7 Å². The van der Waals surface area contributed by atoms with Crippen LogP contribution in [0, 0.1) is 0 Å². The molecule has 0 bridgehead atoms. The van der Waals surface area contributed by atoms with E-state index in [4.69, 9.17) is 27.9 Å². The third kappa shape index (κ3) is 3.84. The fourth-order valence-corrected chi connectivity index (χ4v) is 2.86. The number of hydrogen-bond donors (Lipinski definition) is 1. The van der Waals surface area contributed by atoms with Crippen LogP contribution in [0.3, 0.4) is 0 Å². The number of hydrogen-bond acceptors (Lipinski definition) is 5. The molecule has 1 amide bonds. The number of halogens is 2. The van der Waals surface area contributed by atoms with Gasteiger partial charge in [-0.2, -0.15) is 0 Å². The van der Waals surface area contributed by atoms with Crippen LogP contribution >= 0.6 is 34.5 Å². The van der Waals surface area contributed by atoms with Gasteiger partial charge < -0.3 is 4.74 Å². The van der Waals surface area contributed by atoms with Crippen molar-refractivity contribution in [1.29, 1.82) is 0 Å². The summed E-state index contributed by atoms with van der Waals surface area (Å²) < 4.78 is 5.32. The smallest absolute Gasteiger partial charge is 0.257 e. The number of aromatic nitrogens is 2. The molecule has 0 aliphatic carbocycles. The number of anilines is 1. The molecule has 1 heterocycles. The summed E-state index contributed by atoms with van der Waals surface area (Å²) in [5.41, 5.74) is 0.335. The first-order valence-corrected chi connectivity index (χ1v) is 7.88. The first-order valence-electron chi connectivity index (χ1n) is 6.30. The molecule has 0 fully saturated rings. The molecule has 0 atom stereocenters. The Hall–Kier alpha value is -1.37. The van der Waals surface area contributed by atoms with E-state index >= 15 is 0 Å². The van der Waals surface area contributed by atoms with Gasteiger partial charge in [-0.25, -0.2) is 0 Å². The van der Waals surface area contributed by atoms with E-state index in [1.54, 1.807) is 0 Å². The highest BCUT2D eigenvalue weighted by Gasteiger charge is 2.15. The lowest BCUT2D eigenvalue weighted by atomic mass is 10.2. The lowest BCUT2D eigenvalue weighted by molar-refractivity contribution is 0.102. The van der Waals surface area contributed by atoms with Crippen LogP contribution in [0.5, 0.6) is 5.75 Å². The SMILES string of the molecule is CCOc1c(Cl)cc(C(=O)Nc2nnc(CC)s2)cc1Cl. The average Bonchev–Trinajstić information content (AvgIpc) is 2.90. The lowest BCUT2D eigenvalue weighted by Gasteiger charge is -2.09. The third-order valence-corrected chi connectivity index (χ3v) is 4.08. The Balaban J connectivity index is 2.19. The molecule has 2 rings (SSSR count). The van der Waals surface area contributed by atoms with E-state index in [2.05, 4.69) is 15.5 Å². The first kappa shape index (κ1) is 16.0. The summed E-state index contributed by atoms with van der Waals surface area (Å²) in [5.74, 6) is 0.0298. The number of aryl methyl sites for hydroxylation is 1. The van der Waals surface area contributed by atoms with Gasteiger partial charge >= 0.3 is 0 Å². The Kier molecular flexibility index (Phi) is 5.39. The summed E-state index contributed by atoms with van der Waals surface area (Å²) in [7, 11) is 0. The van der Waals surface area contributed by atoms with Gasteiger partial charge in [0.05, 0.1) is 16.7 Å². The summed E-state index contributed by atoms with van der Waals surface area (Å²) in [4.78, 5) is 12.2. The van der Waals surface area contributed by atoms with Crippen molar-refractivity contribution in [3.63, 3.8) is 0 Å². The maximum absolute atomic E-state index is 12.2. The Morgan fingerprint density at radius 3 is 2.48 bits per heavy atom. The van der Waals surface area contributed by atoms with Gasteiger partial charge in [-0.3, -0.25) is 10.1 Å². The zero-order valence-electron chi connectivity index (χ0n) is 11.4. The highest BCUT2D eigenvalue weighted by molar-refractivity contribution is 7.15. The molecule has 0 aliphatic heterocycles. The maximum Gasteiger partial charge on any atom is 0.257 e. The van der Waals surface area contributed by atoms with E-state index in [9.17, 15) is 4.79 Å². The van der Waals surface area contributed by atoms with Crippen molar-refractivity contribution in [2.75, 3.05) is 11.9 Å². The molecule has 21 heavy (non-hydrogen) atoms. The molecule has 0 saturated carbocycles. The van der Waals surface area contributed by atoms with E-state index in [1.807, 2.05) is 13.8 Å². The van der Waals surface area contributed by atoms with Crippen LogP contribution in [0.1, 0.15) is 29.2 Å². The second-order valence-corrected chi connectivity index (χ2v) is 5.89. The fraction of sp³-hybridized carbons (Fsp3) is 0.308. The van der Waals surface area contributed by atoms with Crippen molar-refractivity contribution in [2.45, 2.75) is 20.3 Å². The molecule has 2 aromatic rings. The minimum Gasteiger partial charge on any atom is -0.491 e. The number of ether oxygens (including phenoxy) is 1. The van der Waals surface area contributed by atoms with Gasteiger partial charge in [0.2, 0.25) is 5.13 Å². The van der Waals surface area contributed by atoms with Crippen LogP contribution in [0.2, 0.25) is 10.0 Å². The van der Waals surface area contributed by atoms with Crippen molar-refractivity contribution in [1.82, 2.24) is 10.2 Å². The van der Waals surface area contributed by atoms with Crippen molar-refractivity contribution in [3.8, 4) is 5.75 Å². The molecule has 1 aromatic carbocycles. The van der Waals surface area contributed by atoms with Gasteiger partial charge in [0.15, 0.2) is 5.75 Å². The van der Waals surface area contributed by atoms with Gasteiger partial charge in [-0.05, 0) is 25.5 Å². The largest absolute Gasteiger partial charge is 0.491 e. The van der Waals surface area contributed by atoms with Crippen LogP contribution in [0.15, 0.2) is 12.1 Å². The average molecular weight is 346 g/mol. The standard InChI is InChI=1S/C13H13Cl2N3O2S/c1-3-10-17-18-13(21-10)16-12(19)7-5-8(14)11(20-4-2)9(15)6-7/h5-6H,3-4H2,1-2H3,(H,16,18,19). The number of nitrogens with zero attached hydrogens (tertiary/aromatic N) is 2. The van der Waals surface area contributed by atoms with Gasteiger partial charge in [-0.15, -0.1) is 10.2 Å². The Morgan fingerprint density at radius 1 is 1.29 bits per heavy atom. The normalized spacial score (nSPS) is 10.5. The Morgan fingerprint density at radius 2 is 1.95 bits per heavy atom. The molecular formula is C13H13Cl2N3O2S. The van der Waals surface area contributed by atoms with Gasteiger partial charge in [0, 0.05) is 5.56 Å². The molecule has 5 nitrogen and oxygen atoms in total. The Bertz CT molecular complexity index is 638. The molecular weight excluding hydrogens is 333 g/mol. The minimum atomic E-state index is -0.347. The van der Waals surface area contributed by atoms with E-state index in [0.29, 0.717) is 33.1 Å². The highest BCUT2D eigenvalue weighted by atomic mass is 35.5. The Labute approximate surface area is 136 Å². The zero-order valence-corrected chi connectivity index (χ0v) is 13.8. The van der Waals surface area contributed by atoms with E-state index in [0.717, 1.165) is 11.4 Å². The van der Waals surface area contributed by atoms with Gasteiger partial charge in [-0.1, -0.05) is 41.5 Å². The summed E-state index contributed by atoms with van der Waals surface area (Å²) in [5, 5.41) is 12.4. The number of carbonyl (C=O) groups excluding carboxylic acids is 1. The van der Waals surface area contributed by atoms with Gasteiger partial charge in [0.25, 0.3) is 5.91 Å². The number of amides is 1. The van der Waals surface area contributed by atoms with Crippen LogP contribution in [0.4, 0.5) is 5.13 Å². The number of rotatable bonds is 5. The van der Waals surface area contributed by atoms with Gasteiger partial charge in [0.1, 0.15) is 5.01 Å². The highest BCUT2D eigenvalue weighted by Crippen LogP contribution is 2.34. The molecule has 1 N–H and O–H groups in total. The maximum atomic E-state index is 12.2. The predicted molar refractivity (Wildman–Crippen MR) is 84.9 cm³/mol. The molecule has 8 heteroatoms.